The molecule has 1 N–H and O–H groups in total. The van der Waals surface area contributed by atoms with Gasteiger partial charge in [-0.15, -0.1) is 0 Å². The molecular formula is C21H22FN3O3. The van der Waals surface area contributed by atoms with Crippen LogP contribution in [0, 0.1) is 29.5 Å². The predicted molar refractivity (Wildman–Crippen MR) is 103 cm³/mol. The number of carbonyl (C=O) groups excluding carboxylic acids is 3. The third-order valence-corrected chi connectivity index (χ3v) is 4.30. The first-order valence-corrected chi connectivity index (χ1v) is 8.69. The largest absolute Gasteiger partial charge is 0.343 e. The van der Waals surface area contributed by atoms with Gasteiger partial charge in [-0.05, 0) is 36.6 Å². The number of halogens is 1. The number of ketones is 2. The smallest absolute Gasteiger partial charge is 0.272 e. The van der Waals surface area contributed by atoms with Crippen molar-refractivity contribution in [1.29, 1.82) is 5.26 Å². The molecule has 1 aromatic carbocycles. The highest BCUT2D eigenvalue weighted by atomic mass is 19.1. The number of rotatable bonds is 5. The van der Waals surface area contributed by atoms with E-state index in [2.05, 4.69) is 5.32 Å². The van der Waals surface area contributed by atoms with Crippen LogP contribution in [0.1, 0.15) is 59.3 Å². The highest BCUT2D eigenvalue weighted by Gasteiger charge is 2.27. The maximum absolute atomic E-state index is 13.4. The number of nitrogens with one attached hydrogen (secondary N) is 1. The number of aromatic nitrogens is 1. The van der Waals surface area contributed by atoms with Crippen molar-refractivity contribution in [2.75, 3.05) is 5.32 Å². The molecule has 146 valence electrons. The highest BCUT2D eigenvalue weighted by molar-refractivity contribution is 6.44. The molecule has 0 saturated heterocycles. The zero-order chi connectivity index (χ0) is 21.2. The molecule has 6 nitrogen and oxygen atoms in total. The van der Waals surface area contributed by atoms with Gasteiger partial charge >= 0.3 is 0 Å². The van der Waals surface area contributed by atoms with E-state index in [1.807, 2.05) is 20.8 Å². The maximum atomic E-state index is 13.4. The molecule has 0 unspecified atom stereocenters. The number of anilines is 1. The average Bonchev–Trinajstić information content (AvgIpc) is 2.90. The summed E-state index contributed by atoms with van der Waals surface area (Å²) in [6.07, 6.45) is 0.105. The molecule has 2 aromatic rings. The summed E-state index contributed by atoms with van der Waals surface area (Å²) in [5, 5.41) is 11.5. The van der Waals surface area contributed by atoms with Crippen molar-refractivity contribution in [2.45, 2.75) is 34.1 Å². The van der Waals surface area contributed by atoms with Crippen LogP contribution in [0.2, 0.25) is 0 Å². The van der Waals surface area contributed by atoms with Crippen LogP contribution in [0.3, 0.4) is 0 Å². The summed E-state index contributed by atoms with van der Waals surface area (Å²) in [5.74, 6) is -2.36. The van der Waals surface area contributed by atoms with Crippen molar-refractivity contribution in [3.05, 3.63) is 52.6 Å². The average molecular weight is 383 g/mol. The summed E-state index contributed by atoms with van der Waals surface area (Å²) in [4.78, 5) is 37.4. The second kappa shape index (κ2) is 7.77. The van der Waals surface area contributed by atoms with E-state index >= 15 is 0 Å². The summed E-state index contributed by atoms with van der Waals surface area (Å²) in [5.41, 5.74) is 0.583. The minimum atomic E-state index is -0.680. The van der Waals surface area contributed by atoms with E-state index in [9.17, 15) is 18.8 Å². The molecule has 0 radical (unpaired) electrons. The number of hydrogen-bond acceptors (Lipinski definition) is 4. The van der Waals surface area contributed by atoms with Gasteiger partial charge in [0.25, 0.3) is 5.91 Å². The Hall–Kier alpha value is -3.27. The van der Waals surface area contributed by atoms with Gasteiger partial charge in [-0.3, -0.25) is 14.4 Å². The van der Waals surface area contributed by atoms with Crippen LogP contribution >= 0.6 is 0 Å². The second-order valence-electron chi connectivity index (χ2n) is 7.84. The van der Waals surface area contributed by atoms with Crippen LogP contribution in [0.5, 0.6) is 0 Å². The summed E-state index contributed by atoms with van der Waals surface area (Å²) in [6.45, 7) is 7.26. The van der Waals surface area contributed by atoms with E-state index in [1.54, 1.807) is 20.0 Å². The Morgan fingerprint density at radius 2 is 1.86 bits per heavy atom. The van der Waals surface area contributed by atoms with Crippen molar-refractivity contribution >= 4 is 23.2 Å². The number of carbonyl (C=O) groups is 3. The highest BCUT2D eigenvalue weighted by Crippen LogP contribution is 2.23. The molecule has 0 fully saturated rings. The topological polar surface area (TPSA) is 92.0 Å². The third kappa shape index (κ3) is 4.52. The molecule has 0 spiro atoms. The zero-order valence-electron chi connectivity index (χ0n) is 16.5. The van der Waals surface area contributed by atoms with Gasteiger partial charge < -0.3 is 9.88 Å². The van der Waals surface area contributed by atoms with Gasteiger partial charge in [0.05, 0.1) is 5.56 Å². The van der Waals surface area contributed by atoms with Crippen LogP contribution in [-0.2, 0) is 11.8 Å². The number of nitrogens with zero attached hydrogens (tertiary/aromatic N) is 2. The van der Waals surface area contributed by atoms with Gasteiger partial charge in [0, 0.05) is 30.4 Å². The van der Waals surface area contributed by atoms with Gasteiger partial charge in [0.1, 0.15) is 17.6 Å². The van der Waals surface area contributed by atoms with Crippen molar-refractivity contribution in [2.24, 2.45) is 12.5 Å². The summed E-state index contributed by atoms with van der Waals surface area (Å²) < 4.78 is 14.9. The van der Waals surface area contributed by atoms with Gasteiger partial charge in [0.2, 0.25) is 11.6 Å². The lowest BCUT2D eigenvalue weighted by Gasteiger charge is -2.15. The molecule has 0 saturated carbocycles. The van der Waals surface area contributed by atoms with E-state index in [-0.39, 0.29) is 34.3 Å². The number of benzene rings is 1. The van der Waals surface area contributed by atoms with Gasteiger partial charge in [0.15, 0.2) is 0 Å². The molecule has 1 heterocycles. The van der Waals surface area contributed by atoms with Crippen LogP contribution in [0.25, 0.3) is 0 Å². The number of nitriles is 1. The SMILES string of the molecule is Cc1c(C(=O)C(=O)CC(C)(C)C)cc(C(=O)Nc2ccc(F)c(C#N)c2)n1C. The molecular weight excluding hydrogens is 361 g/mol. The molecule has 0 aliphatic carbocycles. The molecule has 28 heavy (non-hydrogen) atoms. The number of Topliss-reactive ketones (excluding diaryl/α,β-unsaturated/α-hetero) is 2. The Labute approximate surface area is 163 Å². The van der Waals surface area contributed by atoms with E-state index in [1.165, 1.54) is 22.8 Å². The first-order valence-electron chi connectivity index (χ1n) is 8.69. The molecule has 0 aliphatic heterocycles. The Bertz CT molecular complexity index is 1010. The van der Waals surface area contributed by atoms with Crippen molar-refractivity contribution < 1.29 is 18.8 Å². The fourth-order valence-corrected chi connectivity index (χ4v) is 2.74. The minimum Gasteiger partial charge on any atom is -0.343 e. The molecule has 7 heteroatoms. The summed E-state index contributed by atoms with van der Waals surface area (Å²) in [6, 6.07) is 6.73. The van der Waals surface area contributed by atoms with Crippen LogP contribution in [0.15, 0.2) is 24.3 Å². The predicted octanol–water partition coefficient (Wildman–Crippen LogP) is 3.78. The lowest BCUT2D eigenvalue weighted by molar-refractivity contribution is -0.116. The second-order valence-corrected chi connectivity index (χ2v) is 7.84. The standard InChI is InChI=1S/C21H22FN3O3/c1-12-15(19(27)18(26)10-21(2,3)4)9-17(25(12)5)20(28)24-14-6-7-16(22)13(8-14)11-23/h6-9H,10H2,1-5H3,(H,24,28). The third-order valence-electron chi connectivity index (χ3n) is 4.30. The fraction of sp³-hybridized carbons (Fsp3) is 0.333. The number of hydrogen-bond donors (Lipinski definition) is 1. The van der Waals surface area contributed by atoms with Crippen LogP contribution in [0.4, 0.5) is 10.1 Å². The zero-order valence-corrected chi connectivity index (χ0v) is 16.5. The number of amides is 1. The molecule has 0 bridgehead atoms. The first-order chi connectivity index (χ1) is 12.9. The van der Waals surface area contributed by atoms with Crippen molar-refractivity contribution in [3.8, 4) is 6.07 Å². The Morgan fingerprint density at radius 3 is 2.43 bits per heavy atom. The molecule has 1 amide bonds. The van der Waals surface area contributed by atoms with E-state index in [0.29, 0.717) is 5.69 Å². The van der Waals surface area contributed by atoms with Gasteiger partial charge in [-0.25, -0.2) is 4.39 Å². The molecule has 2 rings (SSSR count). The summed E-state index contributed by atoms with van der Waals surface area (Å²) in [7, 11) is 1.61. The normalized spacial score (nSPS) is 11.0. The monoisotopic (exact) mass is 383 g/mol. The maximum Gasteiger partial charge on any atom is 0.272 e. The van der Waals surface area contributed by atoms with Crippen LogP contribution < -0.4 is 5.32 Å². The Kier molecular flexibility index (Phi) is 5.84. The molecule has 0 aliphatic rings. The van der Waals surface area contributed by atoms with Gasteiger partial charge in [-0.2, -0.15) is 5.26 Å². The minimum absolute atomic E-state index is 0.105. The van der Waals surface area contributed by atoms with E-state index < -0.39 is 23.3 Å². The Balaban J connectivity index is 2.29. The Morgan fingerprint density at radius 1 is 1.21 bits per heavy atom. The first kappa shape index (κ1) is 21.0. The van der Waals surface area contributed by atoms with E-state index in [0.717, 1.165) is 6.07 Å². The quantitative estimate of drug-likeness (QED) is 0.628. The van der Waals surface area contributed by atoms with Crippen LogP contribution in [-0.4, -0.2) is 22.0 Å². The van der Waals surface area contributed by atoms with Crippen molar-refractivity contribution in [3.63, 3.8) is 0 Å². The molecule has 1 aromatic heterocycles. The lowest BCUT2D eigenvalue weighted by Crippen LogP contribution is -2.21. The van der Waals surface area contributed by atoms with E-state index in [4.69, 9.17) is 5.26 Å². The lowest BCUT2D eigenvalue weighted by atomic mass is 9.87. The van der Waals surface area contributed by atoms with Crippen molar-refractivity contribution in [1.82, 2.24) is 4.57 Å². The summed E-state index contributed by atoms with van der Waals surface area (Å²) >= 11 is 0. The fourth-order valence-electron chi connectivity index (χ4n) is 2.74. The molecule has 0 atom stereocenters. The van der Waals surface area contributed by atoms with Gasteiger partial charge in [-0.1, -0.05) is 20.8 Å².